The van der Waals surface area contributed by atoms with Crippen molar-refractivity contribution in [2.75, 3.05) is 23.0 Å². The molecule has 1 atom stereocenters. The van der Waals surface area contributed by atoms with Crippen LogP contribution in [0.25, 0.3) is 0 Å². The van der Waals surface area contributed by atoms with Crippen LogP contribution in [0.15, 0.2) is 42.5 Å². The van der Waals surface area contributed by atoms with Gasteiger partial charge in [0.2, 0.25) is 0 Å². The van der Waals surface area contributed by atoms with E-state index in [1.165, 1.54) is 11.8 Å². The lowest BCUT2D eigenvalue weighted by Gasteiger charge is -2.28. The minimum absolute atomic E-state index is 0.0924. The summed E-state index contributed by atoms with van der Waals surface area (Å²) in [7, 11) is 0. The molecular formula is C17H16Cl2N2O3S. The number of ether oxygens (including phenoxy) is 1. The van der Waals surface area contributed by atoms with Gasteiger partial charge in [0.25, 0.3) is 0 Å². The number of carbonyl (C=O) groups is 1. The van der Waals surface area contributed by atoms with Gasteiger partial charge in [0.15, 0.2) is 4.99 Å². The van der Waals surface area contributed by atoms with Gasteiger partial charge in [-0.15, -0.1) is 11.8 Å². The third kappa shape index (κ3) is 4.66. The van der Waals surface area contributed by atoms with Crippen LogP contribution >= 0.6 is 35.0 Å². The molecule has 2 aromatic rings. The summed E-state index contributed by atoms with van der Waals surface area (Å²) in [5, 5.41) is 17.0. The second kappa shape index (κ2) is 7.64. The van der Waals surface area contributed by atoms with Gasteiger partial charge in [-0.25, -0.2) is 0 Å². The van der Waals surface area contributed by atoms with Gasteiger partial charge in [0.05, 0.1) is 24.4 Å². The van der Waals surface area contributed by atoms with E-state index in [0.717, 1.165) is 17.1 Å². The fourth-order valence-electron chi connectivity index (χ4n) is 2.53. The van der Waals surface area contributed by atoms with Crippen molar-refractivity contribution in [1.29, 1.82) is 0 Å². The Balaban J connectivity index is 1.60. The van der Waals surface area contributed by atoms with Crippen LogP contribution in [0.3, 0.4) is 0 Å². The molecule has 0 fully saturated rings. The second-order valence-corrected chi connectivity index (χ2v) is 7.75. The molecule has 0 aromatic heterocycles. The molecule has 132 valence electrons. The van der Waals surface area contributed by atoms with Crippen molar-refractivity contribution in [3.63, 3.8) is 0 Å². The number of aliphatic carboxylic acids is 1. The Kier molecular flexibility index (Phi) is 5.51. The molecule has 5 nitrogen and oxygen atoms in total. The van der Waals surface area contributed by atoms with Crippen LogP contribution in [0.4, 0.5) is 11.4 Å². The minimum atomic E-state index is -0.898. The molecule has 1 heterocycles. The Bertz CT molecular complexity index is 773. The van der Waals surface area contributed by atoms with Crippen LogP contribution in [-0.2, 0) is 4.79 Å². The summed E-state index contributed by atoms with van der Waals surface area (Å²) in [4.78, 5) is 10.5. The maximum Gasteiger partial charge on any atom is 0.308 e. The van der Waals surface area contributed by atoms with E-state index in [-0.39, 0.29) is 6.42 Å². The number of anilines is 2. The van der Waals surface area contributed by atoms with Crippen molar-refractivity contribution in [3.8, 4) is 5.75 Å². The highest BCUT2D eigenvalue weighted by Gasteiger charge is 2.39. The van der Waals surface area contributed by atoms with Crippen molar-refractivity contribution in [1.82, 2.24) is 0 Å². The summed E-state index contributed by atoms with van der Waals surface area (Å²) in [6, 6.07) is 12.5. The average Bonchev–Trinajstić information content (AvgIpc) is 2.90. The summed E-state index contributed by atoms with van der Waals surface area (Å²) >= 11 is 13.3. The van der Waals surface area contributed by atoms with E-state index in [0.29, 0.717) is 22.4 Å². The molecule has 0 bridgehead atoms. The van der Waals surface area contributed by atoms with Gasteiger partial charge in [-0.3, -0.25) is 4.79 Å². The SMILES string of the molecule is O=C(O)CC1(SCCOc2ccc(Cl)cc2)Nc2ccc(Cl)cc2N1. The molecule has 0 saturated heterocycles. The molecule has 2 aromatic carbocycles. The fraction of sp³-hybridized carbons (Fsp3) is 0.235. The third-order valence-corrected chi connectivity index (χ3v) is 5.27. The highest BCUT2D eigenvalue weighted by molar-refractivity contribution is 8.00. The number of thioether (sulfide) groups is 1. The molecule has 3 N–H and O–H groups in total. The summed E-state index contributed by atoms with van der Waals surface area (Å²) in [5.74, 6) is 0.419. The first kappa shape index (κ1) is 18.0. The number of nitrogens with one attached hydrogen (secondary N) is 2. The molecule has 3 rings (SSSR count). The number of hydrogen-bond acceptors (Lipinski definition) is 5. The molecular weight excluding hydrogens is 383 g/mol. The van der Waals surface area contributed by atoms with Gasteiger partial charge in [0, 0.05) is 15.8 Å². The zero-order chi connectivity index (χ0) is 17.9. The number of benzene rings is 2. The van der Waals surface area contributed by atoms with Crippen LogP contribution in [0.1, 0.15) is 6.42 Å². The van der Waals surface area contributed by atoms with Gasteiger partial charge in [-0.1, -0.05) is 23.2 Å². The largest absolute Gasteiger partial charge is 0.493 e. The van der Waals surface area contributed by atoms with Crippen LogP contribution in [0.2, 0.25) is 10.0 Å². The van der Waals surface area contributed by atoms with Crippen molar-refractivity contribution in [2.45, 2.75) is 11.4 Å². The first-order chi connectivity index (χ1) is 12.0. The summed E-state index contributed by atoms with van der Waals surface area (Å²) in [6.45, 7) is 0.439. The van der Waals surface area contributed by atoms with Gasteiger partial charge < -0.3 is 20.5 Å². The molecule has 1 aliphatic rings. The van der Waals surface area contributed by atoms with Gasteiger partial charge in [-0.05, 0) is 42.5 Å². The standard InChI is InChI=1S/C17H16Cl2N2O3S/c18-11-1-4-13(5-2-11)24-7-8-25-17(10-16(22)23)20-14-6-3-12(19)9-15(14)21-17/h1-6,9,20-21H,7-8,10H2,(H,22,23). The Morgan fingerprint density at radius 3 is 2.48 bits per heavy atom. The molecule has 0 spiro atoms. The Labute approximate surface area is 159 Å². The molecule has 0 aliphatic carbocycles. The number of hydrogen-bond donors (Lipinski definition) is 3. The zero-order valence-electron chi connectivity index (χ0n) is 13.1. The molecule has 1 aliphatic heterocycles. The second-order valence-electron chi connectivity index (χ2n) is 5.49. The van der Waals surface area contributed by atoms with Gasteiger partial charge in [-0.2, -0.15) is 0 Å². The Morgan fingerprint density at radius 1 is 1.08 bits per heavy atom. The lowest BCUT2D eigenvalue weighted by atomic mass is 10.3. The van der Waals surface area contributed by atoms with Crippen molar-refractivity contribution >= 4 is 52.3 Å². The van der Waals surface area contributed by atoms with E-state index in [2.05, 4.69) is 10.6 Å². The summed E-state index contributed by atoms with van der Waals surface area (Å²) in [6.07, 6.45) is -0.0924. The smallest absolute Gasteiger partial charge is 0.308 e. The topological polar surface area (TPSA) is 70.6 Å². The van der Waals surface area contributed by atoms with Crippen LogP contribution < -0.4 is 15.4 Å². The predicted molar refractivity (Wildman–Crippen MR) is 103 cm³/mol. The average molecular weight is 399 g/mol. The van der Waals surface area contributed by atoms with E-state index >= 15 is 0 Å². The molecule has 25 heavy (non-hydrogen) atoms. The molecule has 0 amide bonds. The van der Waals surface area contributed by atoms with Crippen LogP contribution in [-0.4, -0.2) is 28.4 Å². The Hall–Kier alpha value is -1.76. The van der Waals surface area contributed by atoms with E-state index in [1.54, 1.807) is 36.4 Å². The first-order valence-corrected chi connectivity index (χ1v) is 9.30. The normalized spacial score (nSPS) is 18.2. The van der Waals surface area contributed by atoms with Gasteiger partial charge >= 0.3 is 5.97 Å². The number of halogens is 2. The Morgan fingerprint density at radius 2 is 1.76 bits per heavy atom. The van der Waals surface area contributed by atoms with Crippen molar-refractivity contribution < 1.29 is 14.6 Å². The van der Waals surface area contributed by atoms with Crippen LogP contribution in [0.5, 0.6) is 5.75 Å². The number of fused-ring (bicyclic) bond motifs is 1. The van der Waals surface area contributed by atoms with Crippen molar-refractivity contribution in [3.05, 3.63) is 52.5 Å². The maximum absolute atomic E-state index is 11.3. The van der Waals surface area contributed by atoms with Gasteiger partial charge in [0.1, 0.15) is 5.75 Å². The van der Waals surface area contributed by atoms with E-state index in [9.17, 15) is 9.90 Å². The minimum Gasteiger partial charge on any atom is -0.493 e. The summed E-state index contributed by atoms with van der Waals surface area (Å²) < 4.78 is 5.66. The zero-order valence-corrected chi connectivity index (χ0v) is 15.4. The monoisotopic (exact) mass is 398 g/mol. The third-order valence-electron chi connectivity index (χ3n) is 3.57. The van der Waals surface area contributed by atoms with E-state index < -0.39 is 11.0 Å². The quantitative estimate of drug-likeness (QED) is 0.583. The highest BCUT2D eigenvalue weighted by Crippen LogP contribution is 2.42. The summed E-state index contributed by atoms with van der Waals surface area (Å²) in [5.41, 5.74) is 1.62. The highest BCUT2D eigenvalue weighted by atomic mass is 35.5. The molecule has 8 heteroatoms. The molecule has 0 radical (unpaired) electrons. The fourth-order valence-corrected chi connectivity index (χ4v) is 3.93. The number of carboxylic acid groups (broad SMARTS) is 1. The van der Waals surface area contributed by atoms with Crippen molar-refractivity contribution in [2.24, 2.45) is 0 Å². The maximum atomic E-state index is 11.3. The lowest BCUT2D eigenvalue weighted by Crippen LogP contribution is -2.41. The van der Waals surface area contributed by atoms with Crippen LogP contribution in [0, 0.1) is 0 Å². The van der Waals surface area contributed by atoms with E-state index in [1.807, 2.05) is 6.07 Å². The van der Waals surface area contributed by atoms with E-state index in [4.69, 9.17) is 27.9 Å². The molecule has 0 saturated carbocycles. The lowest BCUT2D eigenvalue weighted by molar-refractivity contribution is -0.137. The predicted octanol–water partition coefficient (Wildman–Crippen LogP) is 4.77. The molecule has 1 unspecified atom stereocenters. The first-order valence-electron chi connectivity index (χ1n) is 7.56. The number of rotatable bonds is 7. The number of carboxylic acids is 1.